The number of benzene rings is 2. The summed E-state index contributed by atoms with van der Waals surface area (Å²) >= 11 is 6.03. The molecule has 2 N–H and O–H groups in total. The summed E-state index contributed by atoms with van der Waals surface area (Å²) in [4.78, 5) is 12.3. The number of H-pyrrole nitrogens is 1. The van der Waals surface area contributed by atoms with Crippen molar-refractivity contribution in [3.05, 3.63) is 65.3 Å². The Bertz CT molecular complexity index is 770. The molecule has 3 rings (SSSR count). The van der Waals surface area contributed by atoms with E-state index in [0.717, 1.165) is 5.56 Å². The maximum absolute atomic E-state index is 12.3. The maximum atomic E-state index is 12.3. The summed E-state index contributed by atoms with van der Waals surface area (Å²) in [5.74, 6) is -0.365. The summed E-state index contributed by atoms with van der Waals surface area (Å²) in [5, 5.41) is 13.7. The maximum Gasteiger partial charge on any atom is 0.278 e. The lowest BCUT2D eigenvalue weighted by molar-refractivity contribution is 0.102. The topological polar surface area (TPSA) is 70.7 Å². The van der Waals surface area contributed by atoms with Crippen LogP contribution in [-0.2, 0) is 0 Å². The number of hydrogen-bond donors (Lipinski definition) is 2. The highest BCUT2D eigenvalue weighted by Gasteiger charge is 2.18. The van der Waals surface area contributed by atoms with Crippen molar-refractivity contribution < 1.29 is 4.79 Å². The summed E-state index contributed by atoms with van der Waals surface area (Å²) in [7, 11) is 0. The van der Waals surface area contributed by atoms with E-state index in [2.05, 4.69) is 20.7 Å². The third-order valence-electron chi connectivity index (χ3n) is 2.93. The van der Waals surface area contributed by atoms with Crippen LogP contribution in [0.5, 0.6) is 0 Å². The number of anilines is 1. The highest BCUT2D eigenvalue weighted by Crippen LogP contribution is 2.23. The lowest BCUT2D eigenvalue weighted by Crippen LogP contribution is -2.13. The molecule has 2 aromatic carbocycles. The Morgan fingerprint density at radius 2 is 1.71 bits per heavy atom. The number of carbonyl (C=O) groups excluding carboxylic acids is 1. The van der Waals surface area contributed by atoms with Crippen molar-refractivity contribution in [2.75, 3.05) is 5.32 Å². The van der Waals surface area contributed by atoms with Gasteiger partial charge in [0.05, 0.1) is 10.7 Å². The molecule has 0 fully saturated rings. The summed E-state index contributed by atoms with van der Waals surface area (Å²) in [6.45, 7) is 0. The van der Waals surface area contributed by atoms with Crippen molar-refractivity contribution in [1.29, 1.82) is 0 Å². The zero-order chi connectivity index (χ0) is 14.7. The van der Waals surface area contributed by atoms with Crippen LogP contribution in [0.15, 0.2) is 54.6 Å². The molecule has 0 aliphatic carbocycles. The van der Waals surface area contributed by atoms with Crippen molar-refractivity contribution in [3.63, 3.8) is 0 Å². The third kappa shape index (κ3) is 2.78. The van der Waals surface area contributed by atoms with Gasteiger partial charge in [0.2, 0.25) is 0 Å². The normalized spacial score (nSPS) is 10.3. The molecule has 0 bridgehead atoms. The minimum atomic E-state index is -0.365. The van der Waals surface area contributed by atoms with Gasteiger partial charge in [0.15, 0.2) is 5.69 Å². The van der Waals surface area contributed by atoms with Crippen molar-refractivity contribution >= 4 is 23.2 Å². The van der Waals surface area contributed by atoms with Crippen LogP contribution in [0.2, 0.25) is 5.02 Å². The molecule has 1 amide bonds. The number of amides is 1. The second-order valence-electron chi connectivity index (χ2n) is 4.32. The van der Waals surface area contributed by atoms with Gasteiger partial charge in [0, 0.05) is 5.56 Å². The Hall–Kier alpha value is -2.66. The van der Waals surface area contributed by atoms with Gasteiger partial charge in [0.1, 0.15) is 5.69 Å². The third-order valence-corrected chi connectivity index (χ3v) is 3.26. The standard InChI is InChI=1S/C15H11ClN4O/c16-11-8-4-5-9-12(11)17-15(21)14-13(18-20-19-14)10-6-2-1-3-7-10/h1-9H,(H,17,21)(H,18,19,20). The van der Waals surface area contributed by atoms with E-state index in [1.165, 1.54) is 0 Å². The molecule has 0 aliphatic rings. The molecular weight excluding hydrogens is 288 g/mol. The van der Waals surface area contributed by atoms with Crippen LogP contribution >= 0.6 is 11.6 Å². The zero-order valence-electron chi connectivity index (χ0n) is 10.9. The predicted molar refractivity (Wildman–Crippen MR) is 81.2 cm³/mol. The second kappa shape index (κ2) is 5.76. The number of nitrogens with zero attached hydrogens (tertiary/aromatic N) is 2. The van der Waals surface area contributed by atoms with Gasteiger partial charge in [-0.15, -0.1) is 0 Å². The largest absolute Gasteiger partial charge is 0.319 e. The molecule has 0 saturated heterocycles. The van der Waals surface area contributed by atoms with Crippen molar-refractivity contribution in [3.8, 4) is 11.3 Å². The molecule has 0 atom stereocenters. The number of aromatic nitrogens is 3. The van der Waals surface area contributed by atoms with Gasteiger partial charge in [-0.25, -0.2) is 0 Å². The Balaban J connectivity index is 1.90. The average Bonchev–Trinajstić information content (AvgIpc) is 3.00. The Morgan fingerprint density at radius 3 is 2.48 bits per heavy atom. The quantitative estimate of drug-likeness (QED) is 0.778. The SMILES string of the molecule is O=C(Nc1ccccc1Cl)c1n[nH]nc1-c1ccccc1. The fourth-order valence-corrected chi connectivity index (χ4v) is 2.11. The van der Waals surface area contributed by atoms with E-state index in [1.807, 2.05) is 30.3 Å². The van der Waals surface area contributed by atoms with Crippen molar-refractivity contribution in [1.82, 2.24) is 15.4 Å². The van der Waals surface area contributed by atoms with Gasteiger partial charge in [-0.1, -0.05) is 54.1 Å². The number of hydrogen-bond acceptors (Lipinski definition) is 3. The molecule has 3 aromatic rings. The van der Waals surface area contributed by atoms with Crippen LogP contribution in [0, 0.1) is 0 Å². The summed E-state index contributed by atoms with van der Waals surface area (Å²) in [5.41, 5.74) is 2.07. The fourth-order valence-electron chi connectivity index (χ4n) is 1.93. The Kier molecular flexibility index (Phi) is 3.66. The number of para-hydroxylation sites is 1. The van der Waals surface area contributed by atoms with E-state index in [9.17, 15) is 4.79 Å². The predicted octanol–water partition coefficient (Wildman–Crippen LogP) is 3.38. The number of aromatic amines is 1. The van der Waals surface area contributed by atoms with Crippen LogP contribution in [0.4, 0.5) is 5.69 Å². The lowest BCUT2D eigenvalue weighted by Gasteiger charge is -2.06. The van der Waals surface area contributed by atoms with Crippen LogP contribution in [0.25, 0.3) is 11.3 Å². The highest BCUT2D eigenvalue weighted by atomic mass is 35.5. The number of rotatable bonds is 3. The minimum Gasteiger partial charge on any atom is -0.319 e. The van der Waals surface area contributed by atoms with Gasteiger partial charge in [-0.3, -0.25) is 4.79 Å². The molecule has 0 radical (unpaired) electrons. The first kappa shape index (κ1) is 13.3. The van der Waals surface area contributed by atoms with Crippen molar-refractivity contribution in [2.24, 2.45) is 0 Å². The smallest absolute Gasteiger partial charge is 0.278 e. The van der Waals surface area contributed by atoms with Crippen molar-refractivity contribution in [2.45, 2.75) is 0 Å². The van der Waals surface area contributed by atoms with Gasteiger partial charge < -0.3 is 5.32 Å². The van der Waals surface area contributed by atoms with Gasteiger partial charge in [-0.05, 0) is 12.1 Å². The highest BCUT2D eigenvalue weighted by molar-refractivity contribution is 6.33. The Morgan fingerprint density at radius 1 is 1.00 bits per heavy atom. The fraction of sp³-hybridized carbons (Fsp3) is 0. The first-order valence-electron chi connectivity index (χ1n) is 6.28. The molecule has 0 unspecified atom stereocenters. The zero-order valence-corrected chi connectivity index (χ0v) is 11.6. The molecule has 5 nitrogen and oxygen atoms in total. The molecule has 104 valence electrons. The molecule has 0 aliphatic heterocycles. The summed E-state index contributed by atoms with van der Waals surface area (Å²) in [6, 6.07) is 16.4. The number of halogens is 1. The van der Waals surface area contributed by atoms with E-state index >= 15 is 0 Å². The summed E-state index contributed by atoms with van der Waals surface area (Å²) < 4.78 is 0. The molecule has 0 saturated carbocycles. The molecule has 6 heteroatoms. The van der Waals surface area contributed by atoms with E-state index in [-0.39, 0.29) is 11.6 Å². The van der Waals surface area contributed by atoms with E-state index < -0.39 is 0 Å². The number of nitrogens with one attached hydrogen (secondary N) is 2. The van der Waals surface area contributed by atoms with Crippen LogP contribution in [0.1, 0.15) is 10.5 Å². The first-order chi connectivity index (χ1) is 10.3. The van der Waals surface area contributed by atoms with Crippen LogP contribution in [-0.4, -0.2) is 21.3 Å². The molecule has 1 heterocycles. The van der Waals surface area contributed by atoms with E-state index in [0.29, 0.717) is 16.4 Å². The van der Waals surface area contributed by atoms with Crippen LogP contribution < -0.4 is 5.32 Å². The molecular formula is C15H11ClN4O. The van der Waals surface area contributed by atoms with E-state index in [4.69, 9.17) is 11.6 Å². The number of carbonyl (C=O) groups is 1. The first-order valence-corrected chi connectivity index (χ1v) is 6.65. The van der Waals surface area contributed by atoms with E-state index in [1.54, 1.807) is 24.3 Å². The molecule has 0 spiro atoms. The van der Waals surface area contributed by atoms with Gasteiger partial charge in [0.25, 0.3) is 5.91 Å². The summed E-state index contributed by atoms with van der Waals surface area (Å²) in [6.07, 6.45) is 0. The second-order valence-corrected chi connectivity index (χ2v) is 4.73. The monoisotopic (exact) mass is 298 g/mol. The molecule has 21 heavy (non-hydrogen) atoms. The van der Waals surface area contributed by atoms with Gasteiger partial charge in [-0.2, -0.15) is 15.4 Å². The minimum absolute atomic E-state index is 0.223. The van der Waals surface area contributed by atoms with Crippen LogP contribution in [0.3, 0.4) is 0 Å². The van der Waals surface area contributed by atoms with Gasteiger partial charge >= 0.3 is 0 Å². The lowest BCUT2D eigenvalue weighted by atomic mass is 10.1. The average molecular weight is 299 g/mol. The Labute approximate surface area is 126 Å². The molecule has 1 aromatic heterocycles.